The fourth-order valence-corrected chi connectivity index (χ4v) is 1.41. The van der Waals surface area contributed by atoms with Crippen molar-refractivity contribution in [2.45, 2.75) is 0 Å². The first-order valence-corrected chi connectivity index (χ1v) is 5.33. The van der Waals surface area contributed by atoms with Crippen LogP contribution >= 0.6 is 15.9 Å². The average Bonchev–Trinajstić information content (AvgIpc) is 2.32. The number of nitrogens with one attached hydrogen (secondary N) is 1. The van der Waals surface area contributed by atoms with E-state index >= 15 is 0 Å². The molecule has 0 amide bonds. The van der Waals surface area contributed by atoms with Crippen LogP contribution in [-0.4, -0.2) is 9.97 Å². The molecule has 0 fully saturated rings. The Hall–Kier alpha value is -1.93. The Morgan fingerprint density at radius 3 is 2.62 bits per heavy atom. The van der Waals surface area contributed by atoms with E-state index in [2.05, 4.69) is 31.2 Å². The molecule has 1 aromatic heterocycles. The van der Waals surface area contributed by atoms with Crippen molar-refractivity contribution in [3.8, 4) is 6.07 Å². The summed E-state index contributed by atoms with van der Waals surface area (Å²) in [6.45, 7) is 0. The number of anilines is 2. The third-order valence-corrected chi connectivity index (χ3v) is 2.40. The Morgan fingerprint density at radius 2 is 1.94 bits per heavy atom. The molecule has 78 valence electrons. The number of halogens is 1. The summed E-state index contributed by atoms with van der Waals surface area (Å²) >= 11 is 3.35. The zero-order chi connectivity index (χ0) is 11.4. The van der Waals surface area contributed by atoms with Crippen LogP contribution in [0.2, 0.25) is 0 Å². The standard InChI is InChI=1S/C11H7BrN4/c12-8-1-3-9(4-2-8)15-11-14-6-5-10(7-13)16-11/h1-6H,(H,14,15,16). The fourth-order valence-electron chi connectivity index (χ4n) is 1.14. The van der Waals surface area contributed by atoms with Gasteiger partial charge in [0.1, 0.15) is 11.8 Å². The molecule has 16 heavy (non-hydrogen) atoms. The fraction of sp³-hybridized carbons (Fsp3) is 0. The van der Waals surface area contributed by atoms with Crippen LogP contribution < -0.4 is 5.32 Å². The molecule has 0 aliphatic rings. The van der Waals surface area contributed by atoms with Crippen LogP contribution in [0.15, 0.2) is 41.0 Å². The van der Waals surface area contributed by atoms with E-state index in [9.17, 15) is 0 Å². The van der Waals surface area contributed by atoms with Crippen LogP contribution in [0.25, 0.3) is 0 Å². The van der Waals surface area contributed by atoms with E-state index in [4.69, 9.17) is 5.26 Å². The van der Waals surface area contributed by atoms with Crippen LogP contribution in [0, 0.1) is 11.3 Å². The summed E-state index contributed by atoms with van der Waals surface area (Å²) in [5.41, 5.74) is 1.22. The first kappa shape index (κ1) is 10.6. The summed E-state index contributed by atoms with van der Waals surface area (Å²) in [7, 11) is 0. The second-order valence-electron chi connectivity index (χ2n) is 3.01. The normalized spacial score (nSPS) is 9.50. The van der Waals surface area contributed by atoms with Crippen molar-refractivity contribution in [2.75, 3.05) is 5.32 Å². The Balaban J connectivity index is 2.21. The number of aromatic nitrogens is 2. The van der Waals surface area contributed by atoms with E-state index in [-0.39, 0.29) is 0 Å². The molecule has 0 spiro atoms. The first-order valence-electron chi connectivity index (χ1n) is 4.53. The van der Waals surface area contributed by atoms with Crippen molar-refractivity contribution < 1.29 is 0 Å². The van der Waals surface area contributed by atoms with Gasteiger partial charge in [-0.05, 0) is 30.3 Å². The molecule has 4 nitrogen and oxygen atoms in total. The van der Waals surface area contributed by atoms with E-state index in [1.165, 1.54) is 0 Å². The van der Waals surface area contributed by atoms with Crippen LogP contribution in [0.1, 0.15) is 5.69 Å². The van der Waals surface area contributed by atoms with Gasteiger partial charge in [-0.2, -0.15) is 5.26 Å². The molecule has 0 aliphatic heterocycles. The highest BCUT2D eigenvalue weighted by Crippen LogP contribution is 2.16. The Kier molecular flexibility index (Phi) is 3.13. The van der Waals surface area contributed by atoms with E-state index in [0.29, 0.717) is 11.6 Å². The van der Waals surface area contributed by atoms with Gasteiger partial charge in [-0.25, -0.2) is 9.97 Å². The van der Waals surface area contributed by atoms with Crippen molar-refractivity contribution in [3.63, 3.8) is 0 Å². The topological polar surface area (TPSA) is 61.6 Å². The minimum atomic E-state index is 0.342. The van der Waals surface area contributed by atoms with Crippen molar-refractivity contribution in [3.05, 3.63) is 46.7 Å². The molecular weight excluding hydrogens is 268 g/mol. The molecule has 0 unspecified atom stereocenters. The number of rotatable bonds is 2. The summed E-state index contributed by atoms with van der Waals surface area (Å²) in [6.07, 6.45) is 1.55. The van der Waals surface area contributed by atoms with Crippen LogP contribution in [-0.2, 0) is 0 Å². The minimum absolute atomic E-state index is 0.342. The molecule has 0 radical (unpaired) electrons. The van der Waals surface area contributed by atoms with E-state index in [0.717, 1.165) is 10.2 Å². The summed E-state index contributed by atoms with van der Waals surface area (Å²) in [6, 6.07) is 11.1. The summed E-state index contributed by atoms with van der Waals surface area (Å²) in [5.74, 6) is 0.418. The average molecular weight is 275 g/mol. The highest BCUT2D eigenvalue weighted by molar-refractivity contribution is 9.10. The molecule has 0 saturated carbocycles. The zero-order valence-electron chi connectivity index (χ0n) is 8.18. The third-order valence-electron chi connectivity index (χ3n) is 1.87. The maximum Gasteiger partial charge on any atom is 0.228 e. The maximum absolute atomic E-state index is 8.69. The lowest BCUT2D eigenvalue weighted by Crippen LogP contribution is -1.97. The van der Waals surface area contributed by atoms with Crippen molar-refractivity contribution in [1.82, 2.24) is 9.97 Å². The monoisotopic (exact) mass is 274 g/mol. The Morgan fingerprint density at radius 1 is 1.19 bits per heavy atom. The van der Waals surface area contributed by atoms with Gasteiger partial charge in [-0.15, -0.1) is 0 Å². The van der Waals surface area contributed by atoms with Crippen molar-refractivity contribution >= 4 is 27.6 Å². The van der Waals surface area contributed by atoms with Gasteiger partial charge in [-0.3, -0.25) is 0 Å². The molecule has 0 saturated heterocycles. The van der Waals surface area contributed by atoms with E-state index in [1.807, 2.05) is 30.3 Å². The molecule has 2 rings (SSSR count). The number of benzene rings is 1. The van der Waals surface area contributed by atoms with Gasteiger partial charge in [0.25, 0.3) is 0 Å². The molecule has 0 atom stereocenters. The SMILES string of the molecule is N#Cc1ccnc(Nc2ccc(Br)cc2)n1. The third kappa shape index (κ3) is 2.55. The highest BCUT2D eigenvalue weighted by atomic mass is 79.9. The summed E-state index contributed by atoms with van der Waals surface area (Å²) in [4.78, 5) is 8.03. The number of nitrogens with zero attached hydrogens (tertiary/aromatic N) is 3. The lowest BCUT2D eigenvalue weighted by molar-refractivity contribution is 1.14. The molecular formula is C11H7BrN4. The summed E-state index contributed by atoms with van der Waals surface area (Å²) in [5, 5.41) is 11.7. The van der Waals surface area contributed by atoms with Gasteiger partial charge < -0.3 is 5.32 Å². The molecule has 2 aromatic rings. The smallest absolute Gasteiger partial charge is 0.228 e. The van der Waals surface area contributed by atoms with E-state index < -0.39 is 0 Å². The van der Waals surface area contributed by atoms with Crippen LogP contribution in [0.4, 0.5) is 11.6 Å². The first-order chi connectivity index (χ1) is 7.78. The van der Waals surface area contributed by atoms with Crippen molar-refractivity contribution in [2.24, 2.45) is 0 Å². The molecule has 0 bridgehead atoms. The Bertz CT molecular complexity index is 530. The van der Waals surface area contributed by atoms with Crippen LogP contribution in [0.3, 0.4) is 0 Å². The van der Waals surface area contributed by atoms with Gasteiger partial charge in [0.15, 0.2) is 0 Å². The van der Waals surface area contributed by atoms with Gasteiger partial charge >= 0.3 is 0 Å². The Labute approximate surface area is 101 Å². The van der Waals surface area contributed by atoms with E-state index in [1.54, 1.807) is 12.3 Å². The predicted molar refractivity (Wildman–Crippen MR) is 64.2 cm³/mol. The minimum Gasteiger partial charge on any atom is -0.324 e. The quantitative estimate of drug-likeness (QED) is 0.915. The molecule has 0 aliphatic carbocycles. The van der Waals surface area contributed by atoms with Gasteiger partial charge in [0.2, 0.25) is 5.95 Å². The lowest BCUT2D eigenvalue weighted by atomic mass is 10.3. The van der Waals surface area contributed by atoms with Gasteiger partial charge in [0.05, 0.1) is 0 Å². The molecule has 5 heteroatoms. The molecule has 1 N–H and O–H groups in total. The second-order valence-corrected chi connectivity index (χ2v) is 3.92. The zero-order valence-corrected chi connectivity index (χ0v) is 9.77. The van der Waals surface area contributed by atoms with Crippen LogP contribution in [0.5, 0.6) is 0 Å². The highest BCUT2D eigenvalue weighted by Gasteiger charge is 1.98. The largest absolute Gasteiger partial charge is 0.324 e. The number of nitriles is 1. The molecule has 1 heterocycles. The number of hydrogen-bond donors (Lipinski definition) is 1. The lowest BCUT2D eigenvalue weighted by Gasteiger charge is -2.03. The maximum atomic E-state index is 8.69. The second kappa shape index (κ2) is 4.73. The van der Waals surface area contributed by atoms with Crippen molar-refractivity contribution in [1.29, 1.82) is 5.26 Å². The summed E-state index contributed by atoms with van der Waals surface area (Å²) < 4.78 is 1.00. The molecule has 1 aromatic carbocycles. The van der Waals surface area contributed by atoms with Gasteiger partial charge in [-0.1, -0.05) is 15.9 Å². The van der Waals surface area contributed by atoms with Gasteiger partial charge in [0, 0.05) is 16.4 Å². The number of hydrogen-bond acceptors (Lipinski definition) is 4. The predicted octanol–water partition coefficient (Wildman–Crippen LogP) is 2.85.